The van der Waals surface area contributed by atoms with Crippen LogP contribution < -0.4 is 11.5 Å². The lowest BCUT2D eigenvalue weighted by molar-refractivity contribution is 0.103. The Hall–Kier alpha value is -6.97. The number of ketones is 2. The van der Waals surface area contributed by atoms with Crippen LogP contribution in [0.15, 0.2) is 146 Å². The normalized spacial score (nSPS) is 11.3. The summed E-state index contributed by atoms with van der Waals surface area (Å²) in [6, 6.07) is 45.1. The summed E-state index contributed by atoms with van der Waals surface area (Å²) >= 11 is 4.41. The quantitative estimate of drug-likeness (QED) is 0.0706. The average Bonchev–Trinajstić information content (AvgIpc) is 3.75. The van der Waals surface area contributed by atoms with Gasteiger partial charge in [-0.2, -0.15) is 10.2 Å². The molecule has 258 valence electrons. The van der Waals surface area contributed by atoms with Gasteiger partial charge in [0.2, 0.25) is 0 Å². The van der Waals surface area contributed by atoms with Crippen LogP contribution in [-0.4, -0.2) is 30.9 Å². The molecule has 0 radical (unpaired) electrons. The molecule has 0 aliphatic heterocycles. The van der Waals surface area contributed by atoms with E-state index < -0.39 is 0 Å². The number of nitrogens with two attached hydrogens (primary N) is 2. The topological polar surface area (TPSA) is 133 Å². The van der Waals surface area contributed by atoms with Gasteiger partial charge in [0, 0.05) is 44.4 Å². The predicted molar refractivity (Wildman–Crippen MR) is 220 cm³/mol. The third kappa shape index (κ3) is 8.01. The molecule has 8 rings (SSSR count). The Labute approximate surface area is 311 Å². The largest absolute Gasteiger partial charge is 0.399 e. The summed E-state index contributed by atoms with van der Waals surface area (Å²) in [6.45, 7) is 0. The summed E-state index contributed by atoms with van der Waals surface area (Å²) in [7, 11) is 0. The fourth-order valence-electron chi connectivity index (χ4n) is 5.87. The first-order valence-electron chi connectivity index (χ1n) is 16.8. The van der Waals surface area contributed by atoms with Gasteiger partial charge in [0.15, 0.2) is 11.6 Å². The second-order valence-corrected chi connectivity index (χ2v) is 12.7. The molecule has 53 heavy (non-hydrogen) atoms. The highest BCUT2D eigenvalue weighted by Crippen LogP contribution is 2.25. The van der Waals surface area contributed by atoms with Crippen LogP contribution >= 0.6 is 12.8 Å². The van der Waals surface area contributed by atoms with Crippen molar-refractivity contribution in [3.63, 3.8) is 0 Å². The number of aromatic amines is 1. The molecule has 2 aromatic heterocycles. The van der Waals surface area contributed by atoms with E-state index in [1.807, 2.05) is 115 Å². The summed E-state index contributed by atoms with van der Waals surface area (Å²) in [4.78, 5) is 25.4. The molecule has 0 fully saturated rings. The highest BCUT2D eigenvalue weighted by atomic mass is 32.1. The number of carbonyl (C=O) groups is 2. The monoisotopic (exact) mass is 710 g/mol. The van der Waals surface area contributed by atoms with Gasteiger partial charge < -0.3 is 11.5 Å². The summed E-state index contributed by atoms with van der Waals surface area (Å²) in [5.41, 5.74) is 20.5. The second kappa shape index (κ2) is 15.5. The van der Waals surface area contributed by atoms with Gasteiger partial charge in [-0.1, -0.05) is 109 Å². The lowest BCUT2D eigenvalue weighted by atomic mass is 10.0. The molecule has 0 bridgehead atoms. The second-order valence-electron chi connectivity index (χ2n) is 12.3. The van der Waals surface area contributed by atoms with Crippen LogP contribution in [0.4, 0.5) is 11.4 Å². The maximum absolute atomic E-state index is 12.7. The molecule has 0 aliphatic carbocycles. The number of benzene rings is 6. The molecule has 6 aromatic carbocycles. The van der Waals surface area contributed by atoms with Crippen LogP contribution in [0.1, 0.15) is 54.4 Å². The van der Waals surface area contributed by atoms with E-state index in [1.54, 1.807) is 54.6 Å². The Balaban J connectivity index is 0.000000164. The molecule has 0 aliphatic rings. The summed E-state index contributed by atoms with van der Waals surface area (Å²) in [5.74, 6) is -0.143. The van der Waals surface area contributed by atoms with E-state index in [0.717, 1.165) is 44.3 Å². The molecule has 8 nitrogen and oxygen atoms in total. The first-order valence-corrected chi connectivity index (χ1v) is 17.2. The molecule has 0 amide bonds. The molecule has 0 unspecified atom stereocenters. The van der Waals surface area contributed by atoms with E-state index in [1.165, 1.54) is 4.09 Å². The lowest BCUT2D eigenvalue weighted by Crippen LogP contribution is -2.02. The molecule has 8 aromatic rings. The number of nitrogens with one attached hydrogen (secondary N) is 1. The van der Waals surface area contributed by atoms with Gasteiger partial charge in [0.05, 0.1) is 22.4 Å². The first-order chi connectivity index (χ1) is 25.8. The Bertz CT molecular complexity index is 2640. The fourth-order valence-corrected chi connectivity index (χ4v) is 6.13. The zero-order chi connectivity index (χ0) is 36.7. The zero-order valence-electron chi connectivity index (χ0n) is 28.4. The molecular formula is C44H34N6O2S. The van der Waals surface area contributed by atoms with Crippen LogP contribution in [0, 0.1) is 0 Å². The molecule has 0 atom stereocenters. The van der Waals surface area contributed by atoms with Gasteiger partial charge in [-0.05, 0) is 84.6 Å². The number of rotatable bonds is 8. The minimum atomic E-state index is -0.0832. The van der Waals surface area contributed by atoms with Crippen molar-refractivity contribution in [1.29, 1.82) is 0 Å². The maximum Gasteiger partial charge on any atom is 0.193 e. The van der Waals surface area contributed by atoms with Crippen LogP contribution in [-0.2, 0) is 0 Å². The number of fused-ring (bicyclic) bond motifs is 2. The van der Waals surface area contributed by atoms with Gasteiger partial charge >= 0.3 is 0 Å². The SMILES string of the molecule is Nc1cccc(C(=O)c2ccc3c(/C=C/c4ccccc4)n[nH]c3c2)c1.Nc1cccc(C(=O)c2ccc3c(/C=C/c4ccccc4)nn(S)c3c2)c1. The van der Waals surface area contributed by atoms with Crippen LogP contribution in [0.5, 0.6) is 0 Å². The van der Waals surface area contributed by atoms with Crippen LogP contribution in [0.2, 0.25) is 0 Å². The van der Waals surface area contributed by atoms with Crippen molar-refractivity contribution in [3.8, 4) is 0 Å². The minimum Gasteiger partial charge on any atom is -0.399 e. The van der Waals surface area contributed by atoms with Crippen molar-refractivity contribution in [2.45, 2.75) is 0 Å². The van der Waals surface area contributed by atoms with Crippen molar-refractivity contribution < 1.29 is 9.59 Å². The van der Waals surface area contributed by atoms with Crippen molar-refractivity contribution in [2.75, 3.05) is 11.5 Å². The predicted octanol–water partition coefficient (Wildman–Crippen LogP) is 9.26. The molecule has 9 heteroatoms. The fraction of sp³-hybridized carbons (Fsp3) is 0. The van der Waals surface area contributed by atoms with Crippen molar-refractivity contribution in [1.82, 2.24) is 19.4 Å². The highest BCUT2D eigenvalue weighted by Gasteiger charge is 2.14. The van der Waals surface area contributed by atoms with Gasteiger partial charge in [-0.15, -0.1) is 0 Å². The van der Waals surface area contributed by atoms with Gasteiger partial charge in [-0.25, -0.2) is 4.09 Å². The van der Waals surface area contributed by atoms with E-state index in [2.05, 4.69) is 28.1 Å². The summed E-state index contributed by atoms with van der Waals surface area (Å²) in [5, 5.41) is 13.7. The number of aromatic nitrogens is 4. The number of carbonyl (C=O) groups excluding carboxylic acids is 2. The van der Waals surface area contributed by atoms with Crippen molar-refractivity contribution in [3.05, 3.63) is 190 Å². The van der Waals surface area contributed by atoms with E-state index in [9.17, 15) is 9.59 Å². The highest BCUT2D eigenvalue weighted by molar-refractivity contribution is 7.78. The standard InChI is InChI=1S/C22H17N3OS.C22H17N3O/c23-18-8-4-7-16(13-18)22(26)17-10-11-19-20(24-25(27)21(19)14-17)12-9-15-5-2-1-3-6-15;23-18-8-4-7-16(13-18)22(26)17-10-11-19-20(24-25-21(19)14-17)12-9-15-5-2-1-3-6-15/h1-14,27H,23H2;1-14H,23H2,(H,24,25)/b2*12-9+. The minimum absolute atomic E-state index is 0.0600. The third-order valence-corrected chi connectivity index (χ3v) is 8.88. The number of anilines is 2. The first kappa shape index (κ1) is 34.5. The smallest absolute Gasteiger partial charge is 0.193 e. The van der Waals surface area contributed by atoms with E-state index in [-0.39, 0.29) is 11.6 Å². The Morgan fingerprint density at radius 3 is 1.62 bits per heavy atom. The van der Waals surface area contributed by atoms with Crippen LogP contribution in [0.25, 0.3) is 46.1 Å². The third-order valence-electron chi connectivity index (χ3n) is 8.57. The number of thiol groups is 1. The molecular weight excluding hydrogens is 677 g/mol. The van der Waals surface area contributed by atoms with Gasteiger partial charge in [0.1, 0.15) is 0 Å². The van der Waals surface area contributed by atoms with Gasteiger partial charge in [0.25, 0.3) is 0 Å². The van der Waals surface area contributed by atoms with E-state index in [0.29, 0.717) is 33.6 Å². The average molecular weight is 711 g/mol. The molecule has 0 saturated carbocycles. The zero-order valence-corrected chi connectivity index (χ0v) is 29.3. The van der Waals surface area contributed by atoms with Gasteiger partial charge in [-0.3, -0.25) is 14.7 Å². The Morgan fingerprint density at radius 1 is 0.547 bits per heavy atom. The number of hydrogen-bond donors (Lipinski definition) is 4. The molecule has 0 spiro atoms. The molecule has 5 N–H and O–H groups in total. The lowest BCUT2D eigenvalue weighted by Gasteiger charge is -2.03. The van der Waals surface area contributed by atoms with Crippen LogP contribution in [0.3, 0.4) is 0 Å². The molecule has 0 saturated heterocycles. The summed E-state index contributed by atoms with van der Waals surface area (Å²) in [6.07, 6.45) is 7.93. The van der Waals surface area contributed by atoms with E-state index >= 15 is 0 Å². The number of H-pyrrole nitrogens is 1. The van der Waals surface area contributed by atoms with E-state index in [4.69, 9.17) is 11.5 Å². The number of nitrogen functional groups attached to an aromatic ring is 2. The number of nitrogens with zero attached hydrogens (tertiary/aromatic N) is 3. The van der Waals surface area contributed by atoms with Crippen molar-refractivity contribution >= 4 is 81.9 Å². The number of hydrogen-bond acceptors (Lipinski definition) is 7. The Kier molecular flexibility index (Phi) is 10.1. The van der Waals surface area contributed by atoms with Crippen molar-refractivity contribution in [2.24, 2.45) is 0 Å². The Morgan fingerprint density at radius 2 is 1.06 bits per heavy atom. The molecule has 2 heterocycles. The summed E-state index contributed by atoms with van der Waals surface area (Å²) < 4.78 is 1.50. The maximum atomic E-state index is 12.7.